The molecule has 4 nitrogen and oxygen atoms in total. The zero-order chi connectivity index (χ0) is 10.8. The lowest BCUT2D eigenvalue weighted by molar-refractivity contribution is 0.524. The Balaban J connectivity index is 2.72. The Morgan fingerprint density at radius 3 is 2.64 bits per heavy atom. The highest BCUT2D eigenvalue weighted by molar-refractivity contribution is 7.88. The van der Waals surface area contributed by atoms with Gasteiger partial charge in [0.2, 0.25) is 10.0 Å². The van der Waals surface area contributed by atoms with Gasteiger partial charge in [-0.15, -0.1) is 0 Å². The fourth-order valence-electron chi connectivity index (χ4n) is 1.25. The van der Waals surface area contributed by atoms with Crippen molar-refractivity contribution >= 4 is 10.0 Å². The van der Waals surface area contributed by atoms with Gasteiger partial charge in [-0.3, -0.25) is 4.31 Å². The van der Waals surface area contributed by atoms with Gasteiger partial charge in [-0.25, -0.2) is 8.42 Å². The molecule has 0 radical (unpaired) electrons. The number of rotatable bonds is 3. The Morgan fingerprint density at radius 1 is 1.64 bits per heavy atom. The predicted molar refractivity (Wildman–Crippen MR) is 57.0 cm³/mol. The summed E-state index contributed by atoms with van der Waals surface area (Å²) in [6.07, 6.45) is 7.24. The van der Waals surface area contributed by atoms with Crippen LogP contribution in [-0.2, 0) is 10.0 Å². The fourth-order valence-corrected chi connectivity index (χ4v) is 1.88. The number of nitrogens with zero attached hydrogens (tertiary/aromatic N) is 1. The van der Waals surface area contributed by atoms with Gasteiger partial charge in [0, 0.05) is 12.2 Å². The number of nitrogens with two attached hydrogens (primary N) is 1. The first-order chi connectivity index (χ1) is 6.45. The van der Waals surface area contributed by atoms with Crippen LogP contribution in [0.4, 0.5) is 0 Å². The van der Waals surface area contributed by atoms with Crippen molar-refractivity contribution in [3.63, 3.8) is 0 Å². The Labute approximate surface area is 85.1 Å². The van der Waals surface area contributed by atoms with Crippen LogP contribution in [0.3, 0.4) is 0 Å². The van der Waals surface area contributed by atoms with E-state index in [4.69, 9.17) is 5.73 Å². The van der Waals surface area contributed by atoms with E-state index in [0.29, 0.717) is 6.54 Å². The quantitative estimate of drug-likeness (QED) is 0.744. The molecule has 0 bridgehead atoms. The average Bonchev–Trinajstić information content (AvgIpc) is 2.15. The molecule has 1 rings (SSSR count). The van der Waals surface area contributed by atoms with Crippen LogP contribution in [-0.4, -0.2) is 31.6 Å². The van der Waals surface area contributed by atoms with Gasteiger partial charge in [0.25, 0.3) is 0 Å². The average molecular weight is 216 g/mol. The summed E-state index contributed by atoms with van der Waals surface area (Å²) in [5.41, 5.74) is 6.82. The van der Waals surface area contributed by atoms with Crippen LogP contribution in [0.2, 0.25) is 0 Å². The third-order valence-corrected chi connectivity index (χ3v) is 3.36. The minimum atomic E-state index is -3.12. The number of sulfonamides is 1. The summed E-state index contributed by atoms with van der Waals surface area (Å²) in [6.45, 7) is 2.39. The Bertz CT molecular complexity index is 357. The van der Waals surface area contributed by atoms with Crippen molar-refractivity contribution in [2.75, 3.05) is 12.8 Å². The molecule has 14 heavy (non-hydrogen) atoms. The van der Waals surface area contributed by atoms with Gasteiger partial charge in [-0.2, -0.15) is 0 Å². The standard InChI is InChI=1S/C9H16N2O2S/c1-3-9(10)8-4-6-11(7-5-8)14(2,12)13/h4-6,9H,3,7,10H2,1-2H3/t9-/m0/s1. The summed E-state index contributed by atoms with van der Waals surface area (Å²) in [5, 5.41) is 0. The van der Waals surface area contributed by atoms with E-state index >= 15 is 0 Å². The molecule has 0 fully saturated rings. The first-order valence-electron chi connectivity index (χ1n) is 4.55. The summed E-state index contributed by atoms with van der Waals surface area (Å²) in [7, 11) is -3.12. The van der Waals surface area contributed by atoms with Crippen LogP contribution >= 0.6 is 0 Å². The molecule has 2 N–H and O–H groups in total. The second-order valence-electron chi connectivity index (χ2n) is 3.37. The first kappa shape index (κ1) is 11.3. The minimum absolute atomic E-state index is 0.00737. The van der Waals surface area contributed by atoms with E-state index in [2.05, 4.69) is 0 Å². The molecule has 0 aromatic rings. The van der Waals surface area contributed by atoms with E-state index in [0.717, 1.165) is 12.0 Å². The SMILES string of the molecule is CC[C@H](N)C1=CCN(S(C)(=O)=O)C=C1. The fraction of sp³-hybridized carbons (Fsp3) is 0.556. The third kappa shape index (κ3) is 2.59. The molecule has 1 heterocycles. The van der Waals surface area contributed by atoms with Crippen molar-refractivity contribution in [2.24, 2.45) is 5.73 Å². The zero-order valence-corrected chi connectivity index (χ0v) is 9.29. The molecule has 5 heteroatoms. The van der Waals surface area contributed by atoms with Crippen LogP contribution in [0, 0.1) is 0 Å². The molecule has 1 aliphatic rings. The van der Waals surface area contributed by atoms with Crippen molar-refractivity contribution in [3.8, 4) is 0 Å². The summed E-state index contributed by atoms with van der Waals surface area (Å²) in [6, 6.07) is 0.00737. The monoisotopic (exact) mass is 216 g/mol. The molecule has 0 saturated carbocycles. The highest BCUT2D eigenvalue weighted by Crippen LogP contribution is 2.13. The zero-order valence-electron chi connectivity index (χ0n) is 8.47. The molecule has 80 valence electrons. The number of hydrogen-bond acceptors (Lipinski definition) is 3. The molecule has 0 aliphatic carbocycles. The van der Waals surface area contributed by atoms with E-state index in [9.17, 15) is 8.42 Å². The van der Waals surface area contributed by atoms with Crippen LogP contribution in [0.15, 0.2) is 23.9 Å². The van der Waals surface area contributed by atoms with Crippen molar-refractivity contribution in [1.29, 1.82) is 0 Å². The topological polar surface area (TPSA) is 63.4 Å². The Hall–Kier alpha value is -0.810. The van der Waals surface area contributed by atoms with Crippen LogP contribution < -0.4 is 5.73 Å². The van der Waals surface area contributed by atoms with Gasteiger partial charge < -0.3 is 5.73 Å². The minimum Gasteiger partial charge on any atom is -0.324 e. The van der Waals surface area contributed by atoms with Gasteiger partial charge in [0.15, 0.2) is 0 Å². The van der Waals surface area contributed by atoms with Gasteiger partial charge in [0.05, 0.1) is 12.8 Å². The van der Waals surface area contributed by atoms with Crippen molar-refractivity contribution in [3.05, 3.63) is 23.9 Å². The molecular formula is C9H16N2O2S. The molecule has 0 spiro atoms. The molecule has 0 unspecified atom stereocenters. The van der Waals surface area contributed by atoms with Gasteiger partial charge in [-0.1, -0.05) is 13.0 Å². The van der Waals surface area contributed by atoms with Gasteiger partial charge in [0.1, 0.15) is 0 Å². The lowest BCUT2D eigenvalue weighted by Gasteiger charge is -2.22. The van der Waals surface area contributed by atoms with Crippen molar-refractivity contribution < 1.29 is 8.42 Å². The number of hydrogen-bond donors (Lipinski definition) is 1. The highest BCUT2D eigenvalue weighted by atomic mass is 32.2. The molecule has 1 atom stereocenters. The normalized spacial score (nSPS) is 19.4. The lowest BCUT2D eigenvalue weighted by Crippen LogP contribution is -2.29. The summed E-state index contributed by atoms with van der Waals surface area (Å²) in [5.74, 6) is 0. The largest absolute Gasteiger partial charge is 0.324 e. The summed E-state index contributed by atoms with van der Waals surface area (Å²) in [4.78, 5) is 0. The van der Waals surface area contributed by atoms with Crippen molar-refractivity contribution in [2.45, 2.75) is 19.4 Å². The maximum atomic E-state index is 11.1. The second kappa shape index (κ2) is 4.14. The van der Waals surface area contributed by atoms with Crippen LogP contribution in [0.25, 0.3) is 0 Å². The van der Waals surface area contributed by atoms with E-state index in [1.807, 2.05) is 13.0 Å². The highest BCUT2D eigenvalue weighted by Gasteiger charge is 2.15. The molecule has 1 aliphatic heterocycles. The van der Waals surface area contributed by atoms with E-state index in [-0.39, 0.29) is 6.04 Å². The van der Waals surface area contributed by atoms with Crippen LogP contribution in [0.5, 0.6) is 0 Å². The molecular weight excluding hydrogens is 200 g/mol. The Kier molecular flexibility index (Phi) is 3.34. The van der Waals surface area contributed by atoms with E-state index < -0.39 is 10.0 Å². The maximum absolute atomic E-state index is 11.1. The summed E-state index contributed by atoms with van der Waals surface area (Å²) < 4.78 is 23.6. The third-order valence-electron chi connectivity index (χ3n) is 2.23. The second-order valence-corrected chi connectivity index (χ2v) is 5.30. The predicted octanol–water partition coefficient (Wildman–Crippen LogP) is 0.439. The summed E-state index contributed by atoms with van der Waals surface area (Å²) >= 11 is 0. The molecule has 0 saturated heterocycles. The molecule has 0 amide bonds. The smallest absolute Gasteiger partial charge is 0.232 e. The maximum Gasteiger partial charge on any atom is 0.232 e. The molecule has 0 aromatic heterocycles. The van der Waals surface area contributed by atoms with E-state index in [1.54, 1.807) is 12.3 Å². The first-order valence-corrected chi connectivity index (χ1v) is 6.40. The Morgan fingerprint density at radius 2 is 2.29 bits per heavy atom. The van der Waals surface area contributed by atoms with E-state index in [1.165, 1.54) is 10.6 Å². The van der Waals surface area contributed by atoms with Gasteiger partial charge >= 0.3 is 0 Å². The van der Waals surface area contributed by atoms with Crippen molar-refractivity contribution in [1.82, 2.24) is 4.31 Å². The molecule has 0 aromatic carbocycles. The van der Waals surface area contributed by atoms with Crippen LogP contribution in [0.1, 0.15) is 13.3 Å². The lowest BCUT2D eigenvalue weighted by atomic mass is 10.0. The van der Waals surface area contributed by atoms with Gasteiger partial charge in [-0.05, 0) is 18.1 Å².